The van der Waals surface area contributed by atoms with Crippen molar-refractivity contribution in [2.24, 2.45) is 17.3 Å². The van der Waals surface area contributed by atoms with Gasteiger partial charge in [-0.05, 0) is 44.4 Å². The monoisotopic (exact) mass is 498 g/mol. The van der Waals surface area contributed by atoms with E-state index in [1.807, 2.05) is 34.6 Å². The van der Waals surface area contributed by atoms with Crippen LogP contribution >= 0.6 is 12.6 Å². The second-order valence-corrected chi connectivity index (χ2v) is 11.7. The zero-order valence-corrected chi connectivity index (χ0v) is 22.8. The highest BCUT2D eigenvalue weighted by Gasteiger charge is 2.50. The molecule has 0 spiro atoms. The number of nitrogens with zero attached hydrogens (tertiary/aromatic N) is 1. The van der Waals surface area contributed by atoms with Gasteiger partial charge in [0.2, 0.25) is 23.6 Å². The molecule has 1 aliphatic heterocycles. The molecule has 4 amide bonds. The van der Waals surface area contributed by atoms with Crippen molar-refractivity contribution in [1.29, 1.82) is 0 Å². The van der Waals surface area contributed by atoms with E-state index in [-0.39, 0.29) is 36.4 Å². The van der Waals surface area contributed by atoms with E-state index in [9.17, 15) is 24.0 Å². The van der Waals surface area contributed by atoms with Gasteiger partial charge < -0.3 is 20.9 Å². The number of Topliss-reactive ketones (excluding diaryl/α,β-unsaturated/α-hetero) is 1. The van der Waals surface area contributed by atoms with Crippen LogP contribution in [0.5, 0.6) is 0 Å². The number of hydrogen-bond acceptors (Lipinski definition) is 6. The fourth-order valence-corrected chi connectivity index (χ4v) is 4.18. The van der Waals surface area contributed by atoms with Crippen molar-refractivity contribution in [3.63, 3.8) is 0 Å². The van der Waals surface area contributed by atoms with Gasteiger partial charge in [0.25, 0.3) is 0 Å². The first-order chi connectivity index (χ1) is 15.4. The molecule has 0 saturated carbocycles. The number of thiol groups is 1. The lowest BCUT2D eigenvalue weighted by Crippen LogP contribution is -2.58. The van der Waals surface area contributed by atoms with Gasteiger partial charge in [0.15, 0.2) is 5.78 Å². The van der Waals surface area contributed by atoms with Gasteiger partial charge >= 0.3 is 0 Å². The summed E-state index contributed by atoms with van der Waals surface area (Å²) in [6.45, 7) is 12.8. The number of rotatable bonds is 10. The summed E-state index contributed by atoms with van der Waals surface area (Å²) in [5.41, 5.74) is -1.40. The van der Waals surface area contributed by atoms with Crippen LogP contribution in [0.15, 0.2) is 0 Å². The maximum Gasteiger partial charge on any atom is 0.243 e. The summed E-state index contributed by atoms with van der Waals surface area (Å²) in [6.07, 6.45) is 0.790. The van der Waals surface area contributed by atoms with Gasteiger partial charge in [-0.2, -0.15) is 12.6 Å². The van der Waals surface area contributed by atoms with Crippen LogP contribution in [0.4, 0.5) is 0 Å². The van der Waals surface area contributed by atoms with Crippen molar-refractivity contribution in [3.05, 3.63) is 0 Å². The zero-order chi connectivity index (χ0) is 26.6. The Morgan fingerprint density at radius 1 is 1.06 bits per heavy atom. The molecule has 1 unspecified atom stereocenters. The molecule has 1 aliphatic rings. The third-order valence-corrected chi connectivity index (χ3v) is 6.91. The molecule has 0 bridgehead atoms. The van der Waals surface area contributed by atoms with Crippen LogP contribution in [0.3, 0.4) is 0 Å². The Balaban J connectivity index is 2.86. The average molecular weight is 499 g/mol. The molecule has 4 atom stereocenters. The highest BCUT2D eigenvalue weighted by Crippen LogP contribution is 2.32. The summed E-state index contributed by atoms with van der Waals surface area (Å²) in [7, 11) is 3.11. The molecule has 1 fully saturated rings. The van der Waals surface area contributed by atoms with E-state index in [4.69, 9.17) is 0 Å². The van der Waals surface area contributed by atoms with Crippen molar-refractivity contribution < 1.29 is 24.0 Å². The number of ketones is 1. The predicted molar refractivity (Wildman–Crippen MR) is 134 cm³/mol. The minimum absolute atomic E-state index is 0.106. The van der Waals surface area contributed by atoms with Crippen molar-refractivity contribution in [2.75, 3.05) is 14.1 Å². The smallest absolute Gasteiger partial charge is 0.243 e. The Morgan fingerprint density at radius 2 is 1.62 bits per heavy atom. The second-order valence-electron chi connectivity index (χ2n) is 11.1. The fourth-order valence-electron chi connectivity index (χ4n) is 3.96. The van der Waals surface area contributed by atoms with Gasteiger partial charge in [0.1, 0.15) is 12.1 Å². The van der Waals surface area contributed by atoms with E-state index in [1.165, 1.54) is 11.9 Å². The number of nitrogens with one attached hydrogen (secondary N) is 3. The van der Waals surface area contributed by atoms with Crippen LogP contribution in [0, 0.1) is 17.3 Å². The van der Waals surface area contributed by atoms with Gasteiger partial charge in [-0.15, -0.1) is 0 Å². The van der Waals surface area contributed by atoms with E-state index in [2.05, 4.69) is 28.6 Å². The van der Waals surface area contributed by atoms with Crippen LogP contribution in [0.2, 0.25) is 0 Å². The summed E-state index contributed by atoms with van der Waals surface area (Å²) in [4.78, 5) is 64.7. The summed E-state index contributed by atoms with van der Waals surface area (Å²) in [6, 6.07) is -1.63. The SMILES string of the molecule is CNC(=O)[C@@H](NC(=O)[C@H](CC(C)C)NC(=O)[C@@H](S)CCC1C(=O)N(C)C(C)(C)C1=O)C(C)(C)C. The first-order valence-corrected chi connectivity index (χ1v) is 12.3. The van der Waals surface area contributed by atoms with E-state index in [1.54, 1.807) is 20.9 Å². The fraction of sp³-hybridized carbons (Fsp3) is 0.792. The first kappa shape index (κ1) is 29.9. The standard InChI is InChI=1S/C24H42N4O5S/c1-13(2)12-15(19(30)27-17(21(32)25-8)23(3,4)5)26-20(31)16(34)11-10-14-18(29)24(6,7)28(9)22(14)33/h13-17,34H,10-12H2,1-9H3,(H,25,32)(H,26,31)(H,27,30)/t14?,15-,16-,17+/m0/s1. The van der Waals surface area contributed by atoms with Gasteiger partial charge in [0, 0.05) is 14.1 Å². The molecule has 0 radical (unpaired) electrons. The maximum absolute atomic E-state index is 13.0. The number of likely N-dealkylation sites (N-methyl/N-ethyl adjacent to an activating group) is 2. The molecule has 0 aliphatic carbocycles. The number of carbonyl (C=O) groups is 5. The summed E-state index contributed by atoms with van der Waals surface area (Å²) in [5, 5.41) is 7.29. The van der Waals surface area contributed by atoms with Gasteiger partial charge in [-0.25, -0.2) is 0 Å². The molecular formula is C24H42N4O5S. The van der Waals surface area contributed by atoms with Crippen LogP contribution in [0.25, 0.3) is 0 Å². The Morgan fingerprint density at radius 3 is 2.03 bits per heavy atom. The topological polar surface area (TPSA) is 125 Å². The Bertz CT molecular complexity index is 806. The highest BCUT2D eigenvalue weighted by atomic mass is 32.1. The normalized spacial score (nSPS) is 20.7. The van der Waals surface area contributed by atoms with Crippen molar-refractivity contribution >= 4 is 42.0 Å². The van der Waals surface area contributed by atoms with Crippen molar-refractivity contribution in [1.82, 2.24) is 20.9 Å². The molecule has 34 heavy (non-hydrogen) atoms. The lowest BCUT2D eigenvalue weighted by Gasteiger charge is -2.32. The molecule has 194 valence electrons. The summed E-state index contributed by atoms with van der Waals surface area (Å²) in [5.74, 6) is -2.33. The zero-order valence-electron chi connectivity index (χ0n) is 21.9. The number of hydrogen-bond donors (Lipinski definition) is 4. The Hall–Kier alpha value is -2.10. The minimum Gasteiger partial charge on any atom is -0.357 e. The number of amides is 4. The van der Waals surface area contributed by atoms with Gasteiger partial charge in [-0.3, -0.25) is 24.0 Å². The van der Waals surface area contributed by atoms with E-state index >= 15 is 0 Å². The molecule has 0 aromatic carbocycles. The highest BCUT2D eigenvalue weighted by molar-refractivity contribution is 7.81. The van der Waals surface area contributed by atoms with E-state index in [0.717, 1.165) is 0 Å². The minimum atomic E-state index is -0.870. The summed E-state index contributed by atoms with van der Waals surface area (Å²) < 4.78 is 0. The molecule has 0 aromatic heterocycles. The third-order valence-electron chi connectivity index (χ3n) is 6.42. The number of likely N-dealkylation sites (tertiary alicyclic amines) is 1. The molecule has 1 rings (SSSR count). The third kappa shape index (κ3) is 7.20. The maximum atomic E-state index is 13.0. The predicted octanol–water partition coefficient (Wildman–Crippen LogP) is 1.31. The van der Waals surface area contributed by atoms with Crippen LogP contribution in [-0.4, -0.2) is 71.3 Å². The van der Waals surface area contributed by atoms with E-state index in [0.29, 0.717) is 6.42 Å². The van der Waals surface area contributed by atoms with Crippen LogP contribution in [-0.2, 0) is 24.0 Å². The molecule has 3 N–H and O–H groups in total. The average Bonchev–Trinajstić information content (AvgIpc) is 2.87. The quantitative estimate of drug-likeness (QED) is 0.267. The van der Waals surface area contributed by atoms with Crippen LogP contribution in [0.1, 0.15) is 67.7 Å². The Labute approximate surface area is 208 Å². The van der Waals surface area contributed by atoms with E-state index < -0.39 is 46.0 Å². The molecule has 1 saturated heterocycles. The largest absolute Gasteiger partial charge is 0.357 e. The van der Waals surface area contributed by atoms with Gasteiger partial charge in [-0.1, -0.05) is 34.6 Å². The molecule has 10 heteroatoms. The molecule has 1 heterocycles. The lowest BCUT2D eigenvalue weighted by molar-refractivity contribution is -0.134. The van der Waals surface area contributed by atoms with Crippen molar-refractivity contribution in [3.8, 4) is 0 Å². The molecular weight excluding hydrogens is 456 g/mol. The summed E-state index contributed by atoms with van der Waals surface area (Å²) >= 11 is 4.38. The Kier molecular flexibility index (Phi) is 10.2. The molecule has 9 nitrogen and oxygen atoms in total. The second kappa shape index (κ2) is 11.6. The van der Waals surface area contributed by atoms with Crippen LogP contribution < -0.4 is 16.0 Å². The van der Waals surface area contributed by atoms with Crippen molar-refractivity contribution in [2.45, 2.75) is 90.6 Å². The van der Waals surface area contributed by atoms with Gasteiger partial charge in [0.05, 0.1) is 16.7 Å². The lowest BCUT2D eigenvalue weighted by atomic mass is 9.85. The number of carbonyl (C=O) groups excluding carboxylic acids is 5. The first-order valence-electron chi connectivity index (χ1n) is 11.8. The molecule has 0 aromatic rings.